The Kier molecular flexibility index (Phi) is 2.39. The van der Waals surface area contributed by atoms with Gasteiger partial charge in [0.2, 0.25) is 0 Å². The van der Waals surface area contributed by atoms with Crippen molar-refractivity contribution in [3.63, 3.8) is 0 Å². The highest BCUT2D eigenvalue weighted by Crippen LogP contribution is 2.24. The van der Waals surface area contributed by atoms with Crippen LogP contribution in [0, 0.1) is 0 Å². The van der Waals surface area contributed by atoms with E-state index in [0.717, 1.165) is 12.0 Å². The molecule has 0 saturated heterocycles. The van der Waals surface area contributed by atoms with E-state index in [0.29, 0.717) is 17.1 Å². The predicted molar refractivity (Wildman–Crippen MR) is 37.9 cm³/mol. The average Bonchev–Trinajstić information content (AvgIpc) is 2.05. The highest BCUT2D eigenvalue weighted by molar-refractivity contribution is 7.98. The van der Waals surface area contributed by atoms with E-state index in [1.165, 1.54) is 0 Å². The minimum Gasteiger partial charge on any atom is -0.488 e. The van der Waals surface area contributed by atoms with Crippen molar-refractivity contribution in [1.29, 1.82) is 0 Å². The summed E-state index contributed by atoms with van der Waals surface area (Å²) in [5.41, 5.74) is 0. The van der Waals surface area contributed by atoms with Crippen LogP contribution in [0.3, 0.4) is 0 Å². The van der Waals surface area contributed by atoms with Gasteiger partial charge < -0.3 is 8.92 Å². The lowest BCUT2D eigenvalue weighted by molar-refractivity contribution is -0.106. The van der Waals surface area contributed by atoms with E-state index in [4.69, 9.17) is 8.92 Å². The molecule has 1 rings (SSSR count). The molecule has 10 heavy (non-hydrogen) atoms. The topological polar surface area (TPSA) is 35.5 Å². The first kappa shape index (κ1) is 7.21. The Labute approximate surface area is 62.9 Å². The van der Waals surface area contributed by atoms with Crippen LogP contribution < -0.4 is 0 Å². The van der Waals surface area contributed by atoms with Gasteiger partial charge in [-0.05, 0) is 12.2 Å². The zero-order valence-electron chi connectivity index (χ0n) is 5.37. The van der Waals surface area contributed by atoms with Crippen molar-refractivity contribution in [3.8, 4) is 0 Å². The Hall–Kier alpha value is -0.900. The van der Waals surface area contributed by atoms with Crippen LogP contribution in [-0.2, 0) is 13.7 Å². The average molecular weight is 158 g/mol. The lowest BCUT2D eigenvalue weighted by Gasteiger charge is -2.08. The second-order valence-corrected chi connectivity index (χ2v) is 2.28. The van der Waals surface area contributed by atoms with Gasteiger partial charge in [0.25, 0.3) is 0 Å². The molecule has 0 aliphatic carbocycles. The molecule has 1 heterocycles. The SMILES string of the molecule is COC1=CC=C(C=O)OS1. The molecule has 0 aromatic rings. The first-order valence-corrected chi connectivity index (χ1v) is 3.36. The number of carbonyl (C=O) groups excluding carboxylic acids is 1. The summed E-state index contributed by atoms with van der Waals surface area (Å²) < 4.78 is 9.67. The van der Waals surface area contributed by atoms with Crippen LogP contribution in [0.4, 0.5) is 0 Å². The third kappa shape index (κ3) is 1.54. The standard InChI is InChI=1S/C6H6O3S/c1-8-6-3-2-5(4-7)9-10-6/h2-4H,1H3. The van der Waals surface area contributed by atoms with E-state index in [1.54, 1.807) is 19.3 Å². The molecular formula is C6H6O3S. The number of methoxy groups -OCH3 is 1. The fourth-order valence-corrected chi connectivity index (χ4v) is 0.921. The van der Waals surface area contributed by atoms with Gasteiger partial charge in [-0.2, -0.15) is 0 Å². The maximum atomic E-state index is 10.1. The molecule has 0 saturated carbocycles. The Morgan fingerprint density at radius 2 is 2.50 bits per heavy atom. The summed E-state index contributed by atoms with van der Waals surface area (Å²) in [5, 5.41) is 0.644. The number of aldehydes is 1. The minimum atomic E-state index is 0.311. The summed E-state index contributed by atoms with van der Waals surface area (Å²) in [4.78, 5) is 10.1. The maximum Gasteiger partial charge on any atom is 0.192 e. The van der Waals surface area contributed by atoms with E-state index in [1.807, 2.05) is 0 Å². The molecule has 0 spiro atoms. The number of carbonyl (C=O) groups is 1. The monoisotopic (exact) mass is 158 g/mol. The molecule has 0 N–H and O–H groups in total. The molecule has 0 unspecified atom stereocenters. The smallest absolute Gasteiger partial charge is 0.192 e. The Morgan fingerprint density at radius 3 is 2.90 bits per heavy atom. The molecule has 0 atom stereocenters. The molecule has 0 bridgehead atoms. The highest BCUT2D eigenvalue weighted by atomic mass is 32.2. The normalized spacial score (nSPS) is 16.5. The fourth-order valence-electron chi connectivity index (χ4n) is 0.456. The van der Waals surface area contributed by atoms with Crippen molar-refractivity contribution >= 4 is 18.3 Å². The Balaban J connectivity index is 2.64. The number of rotatable bonds is 2. The van der Waals surface area contributed by atoms with Crippen LogP contribution in [0.15, 0.2) is 23.0 Å². The van der Waals surface area contributed by atoms with Gasteiger partial charge in [-0.25, -0.2) is 0 Å². The van der Waals surface area contributed by atoms with Crippen molar-refractivity contribution in [2.75, 3.05) is 7.11 Å². The summed E-state index contributed by atoms with van der Waals surface area (Å²) in [6.45, 7) is 0. The van der Waals surface area contributed by atoms with E-state index in [9.17, 15) is 4.79 Å². The summed E-state index contributed by atoms with van der Waals surface area (Å²) in [6, 6.07) is 0. The van der Waals surface area contributed by atoms with Crippen LogP contribution in [0.2, 0.25) is 0 Å². The Morgan fingerprint density at radius 1 is 1.70 bits per heavy atom. The van der Waals surface area contributed by atoms with Gasteiger partial charge in [0.05, 0.1) is 7.11 Å². The highest BCUT2D eigenvalue weighted by Gasteiger charge is 2.06. The van der Waals surface area contributed by atoms with Gasteiger partial charge in [-0.3, -0.25) is 4.79 Å². The largest absolute Gasteiger partial charge is 0.488 e. The summed E-state index contributed by atoms with van der Waals surface area (Å²) in [5.74, 6) is 0.311. The summed E-state index contributed by atoms with van der Waals surface area (Å²) in [6.07, 6.45) is 3.89. The maximum absolute atomic E-state index is 10.1. The van der Waals surface area contributed by atoms with Crippen LogP contribution in [-0.4, -0.2) is 13.4 Å². The molecule has 1 aliphatic heterocycles. The molecule has 4 heteroatoms. The molecular weight excluding hydrogens is 152 g/mol. The van der Waals surface area contributed by atoms with E-state index < -0.39 is 0 Å². The molecule has 54 valence electrons. The number of hydrogen-bond donors (Lipinski definition) is 0. The van der Waals surface area contributed by atoms with Gasteiger partial charge in [-0.1, -0.05) is 0 Å². The first-order valence-electron chi connectivity index (χ1n) is 2.62. The van der Waals surface area contributed by atoms with Crippen LogP contribution >= 0.6 is 12.0 Å². The van der Waals surface area contributed by atoms with Gasteiger partial charge in [-0.15, -0.1) is 0 Å². The van der Waals surface area contributed by atoms with E-state index in [-0.39, 0.29) is 0 Å². The zero-order valence-corrected chi connectivity index (χ0v) is 6.18. The molecule has 0 fully saturated rings. The molecule has 0 amide bonds. The third-order valence-electron chi connectivity index (χ3n) is 0.921. The summed E-state index contributed by atoms with van der Waals surface area (Å²) in [7, 11) is 1.54. The van der Waals surface area contributed by atoms with Crippen molar-refractivity contribution in [2.24, 2.45) is 0 Å². The minimum absolute atomic E-state index is 0.311. The molecule has 1 aliphatic rings. The van der Waals surface area contributed by atoms with Crippen molar-refractivity contribution < 1.29 is 13.7 Å². The lowest BCUT2D eigenvalue weighted by Crippen LogP contribution is -1.92. The van der Waals surface area contributed by atoms with Crippen LogP contribution in [0.25, 0.3) is 0 Å². The predicted octanol–water partition coefficient (Wildman–Crippen LogP) is 1.24. The van der Waals surface area contributed by atoms with Crippen LogP contribution in [0.1, 0.15) is 0 Å². The molecule has 0 radical (unpaired) electrons. The first-order chi connectivity index (χ1) is 4.86. The lowest BCUT2D eigenvalue weighted by atomic mass is 10.4. The second-order valence-electron chi connectivity index (χ2n) is 1.54. The second kappa shape index (κ2) is 3.31. The van der Waals surface area contributed by atoms with Crippen molar-refractivity contribution in [1.82, 2.24) is 0 Å². The van der Waals surface area contributed by atoms with Gasteiger partial charge in [0.15, 0.2) is 17.1 Å². The number of ether oxygens (including phenoxy) is 1. The quantitative estimate of drug-likeness (QED) is 0.447. The van der Waals surface area contributed by atoms with Crippen molar-refractivity contribution in [3.05, 3.63) is 23.0 Å². The fraction of sp³-hybridized carbons (Fsp3) is 0.167. The van der Waals surface area contributed by atoms with Crippen molar-refractivity contribution in [2.45, 2.75) is 0 Å². The van der Waals surface area contributed by atoms with Gasteiger partial charge in [0, 0.05) is 0 Å². The van der Waals surface area contributed by atoms with E-state index >= 15 is 0 Å². The van der Waals surface area contributed by atoms with E-state index in [2.05, 4.69) is 0 Å². The zero-order chi connectivity index (χ0) is 7.40. The number of allylic oxidation sites excluding steroid dienone is 3. The Bertz CT molecular complexity index is 195. The summed E-state index contributed by atoms with van der Waals surface area (Å²) >= 11 is 1.04. The van der Waals surface area contributed by atoms with Gasteiger partial charge in [0.1, 0.15) is 12.0 Å². The molecule has 0 aromatic heterocycles. The van der Waals surface area contributed by atoms with Crippen LogP contribution in [0.5, 0.6) is 0 Å². The van der Waals surface area contributed by atoms with Gasteiger partial charge >= 0.3 is 0 Å². The molecule has 3 nitrogen and oxygen atoms in total. The molecule has 0 aromatic carbocycles. The number of hydrogen-bond acceptors (Lipinski definition) is 4. The third-order valence-corrected chi connectivity index (χ3v) is 1.66.